The number of oxazole rings is 1. The van der Waals surface area contributed by atoms with Crippen LogP contribution in [0.5, 0.6) is 0 Å². The summed E-state index contributed by atoms with van der Waals surface area (Å²) in [4.78, 5) is 41.0. The number of carbonyl (C=O) groups excluding carboxylic acids is 2. The zero-order valence-electron chi connectivity index (χ0n) is 16.7. The average Bonchev–Trinajstić information content (AvgIpc) is 3.02. The van der Waals surface area contributed by atoms with Crippen LogP contribution in [-0.2, 0) is 9.59 Å². The second-order valence-electron chi connectivity index (χ2n) is 7.36. The summed E-state index contributed by atoms with van der Waals surface area (Å²) in [5.74, 6) is -0.626. The first-order valence-electron chi connectivity index (χ1n) is 9.81. The fourth-order valence-corrected chi connectivity index (χ4v) is 3.48. The monoisotopic (exact) mass is 388 g/mol. The normalized spacial score (nSPS) is 17.5. The smallest absolute Gasteiger partial charge is 0.408 e. The predicted molar refractivity (Wildman–Crippen MR) is 106 cm³/mol. The number of hydrogen-bond acceptors (Lipinski definition) is 5. The van der Waals surface area contributed by atoms with Gasteiger partial charge in [-0.1, -0.05) is 19.1 Å². The molecule has 0 aliphatic carbocycles. The molecule has 2 aromatic rings. The molecular formula is C20H28N4O4. The third-order valence-corrected chi connectivity index (χ3v) is 5.33. The minimum Gasteiger partial charge on any atom is -0.408 e. The van der Waals surface area contributed by atoms with Crippen molar-refractivity contribution in [1.82, 2.24) is 19.7 Å². The van der Waals surface area contributed by atoms with Crippen LogP contribution in [0.25, 0.3) is 11.1 Å². The lowest BCUT2D eigenvalue weighted by molar-refractivity contribution is -0.136. The molecule has 0 spiro atoms. The van der Waals surface area contributed by atoms with Crippen LogP contribution >= 0.6 is 0 Å². The minimum atomic E-state index is -0.642. The summed E-state index contributed by atoms with van der Waals surface area (Å²) in [6.45, 7) is 8.41. The van der Waals surface area contributed by atoms with E-state index in [0.717, 1.165) is 6.42 Å². The number of amides is 2. The highest BCUT2D eigenvalue weighted by atomic mass is 16.4. The van der Waals surface area contributed by atoms with Crippen LogP contribution in [0.3, 0.4) is 0 Å². The Labute approximate surface area is 164 Å². The number of carbonyl (C=O) groups is 2. The van der Waals surface area contributed by atoms with E-state index in [2.05, 4.69) is 5.32 Å². The van der Waals surface area contributed by atoms with Crippen molar-refractivity contribution in [3.8, 4) is 0 Å². The van der Waals surface area contributed by atoms with Crippen LogP contribution in [0.1, 0.15) is 33.2 Å². The van der Waals surface area contributed by atoms with Crippen molar-refractivity contribution in [1.29, 1.82) is 0 Å². The fraction of sp³-hybridized carbons (Fsp3) is 0.550. The van der Waals surface area contributed by atoms with Gasteiger partial charge in [0.15, 0.2) is 5.58 Å². The maximum Gasteiger partial charge on any atom is 0.420 e. The van der Waals surface area contributed by atoms with Gasteiger partial charge >= 0.3 is 5.76 Å². The summed E-state index contributed by atoms with van der Waals surface area (Å²) >= 11 is 0. The van der Waals surface area contributed by atoms with Gasteiger partial charge in [0.05, 0.1) is 12.1 Å². The van der Waals surface area contributed by atoms with E-state index in [0.29, 0.717) is 43.8 Å². The molecule has 1 aliphatic rings. The predicted octanol–water partition coefficient (Wildman–Crippen LogP) is 1.21. The van der Waals surface area contributed by atoms with Crippen molar-refractivity contribution in [3.05, 3.63) is 34.8 Å². The van der Waals surface area contributed by atoms with Crippen molar-refractivity contribution in [2.45, 2.75) is 39.3 Å². The van der Waals surface area contributed by atoms with Gasteiger partial charge in [-0.2, -0.15) is 0 Å². The van der Waals surface area contributed by atoms with Crippen molar-refractivity contribution in [2.75, 3.05) is 32.7 Å². The first kappa shape index (κ1) is 20.1. The first-order valence-corrected chi connectivity index (χ1v) is 9.81. The van der Waals surface area contributed by atoms with E-state index >= 15 is 0 Å². The number of benzene rings is 1. The molecule has 2 atom stereocenters. The Morgan fingerprint density at radius 2 is 1.82 bits per heavy atom. The second kappa shape index (κ2) is 8.60. The molecule has 1 aromatic heterocycles. The van der Waals surface area contributed by atoms with Crippen molar-refractivity contribution < 1.29 is 14.0 Å². The summed E-state index contributed by atoms with van der Waals surface area (Å²) in [6, 6.07) is 6.62. The highest BCUT2D eigenvalue weighted by molar-refractivity contribution is 5.83. The Balaban J connectivity index is 1.60. The molecule has 2 unspecified atom stereocenters. The molecule has 28 heavy (non-hydrogen) atoms. The molecule has 2 heterocycles. The topological polar surface area (TPSA) is 87.8 Å². The molecule has 0 radical (unpaired) electrons. The average molecular weight is 388 g/mol. The molecule has 0 saturated carbocycles. The standard InChI is InChI=1S/C20H28N4O4/c1-4-14(2)21-18(25)13-22-9-11-23(12-10-22)19(26)15(3)24-16-7-5-6-8-17(16)28-20(24)27/h5-8,14-15H,4,9-13H2,1-3H3,(H,21,25). The van der Waals surface area contributed by atoms with Crippen LogP contribution in [0.15, 0.2) is 33.5 Å². The van der Waals surface area contributed by atoms with E-state index < -0.39 is 11.8 Å². The van der Waals surface area contributed by atoms with Crippen molar-refractivity contribution >= 4 is 22.9 Å². The molecule has 1 N–H and O–H groups in total. The van der Waals surface area contributed by atoms with E-state index in [9.17, 15) is 14.4 Å². The third-order valence-electron chi connectivity index (χ3n) is 5.33. The summed E-state index contributed by atoms with van der Waals surface area (Å²) in [5.41, 5.74) is 1.10. The number of nitrogens with zero attached hydrogens (tertiary/aromatic N) is 3. The lowest BCUT2D eigenvalue weighted by atomic mass is 10.2. The minimum absolute atomic E-state index is 0.0129. The lowest BCUT2D eigenvalue weighted by Crippen LogP contribution is -2.53. The van der Waals surface area contributed by atoms with Gasteiger partial charge in [-0.25, -0.2) is 4.79 Å². The molecule has 0 bridgehead atoms. The van der Waals surface area contributed by atoms with Crippen LogP contribution in [0, 0.1) is 0 Å². The van der Waals surface area contributed by atoms with Crippen molar-refractivity contribution in [3.63, 3.8) is 0 Å². The van der Waals surface area contributed by atoms with Crippen LogP contribution in [0.2, 0.25) is 0 Å². The molecule has 2 amide bonds. The zero-order chi connectivity index (χ0) is 20.3. The fourth-order valence-electron chi connectivity index (χ4n) is 3.48. The number of aromatic nitrogens is 1. The van der Waals surface area contributed by atoms with Crippen LogP contribution < -0.4 is 11.1 Å². The summed E-state index contributed by atoms with van der Waals surface area (Å²) in [5, 5.41) is 2.96. The number of nitrogens with one attached hydrogen (secondary N) is 1. The zero-order valence-corrected chi connectivity index (χ0v) is 16.7. The summed E-state index contributed by atoms with van der Waals surface area (Å²) < 4.78 is 6.65. The Kier molecular flexibility index (Phi) is 6.18. The summed E-state index contributed by atoms with van der Waals surface area (Å²) in [7, 11) is 0. The second-order valence-corrected chi connectivity index (χ2v) is 7.36. The molecule has 1 fully saturated rings. The van der Waals surface area contributed by atoms with Gasteiger partial charge < -0.3 is 14.6 Å². The molecule has 1 aliphatic heterocycles. The van der Waals surface area contributed by atoms with Gasteiger partial charge in [0.25, 0.3) is 0 Å². The number of hydrogen-bond donors (Lipinski definition) is 1. The first-order chi connectivity index (χ1) is 13.4. The molecule has 3 rings (SSSR count). The molecular weight excluding hydrogens is 360 g/mol. The van der Waals surface area contributed by atoms with E-state index in [1.165, 1.54) is 4.57 Å². The van der Waals surface area contributed by atoms with Crippen molar-refractivity contribution in [2.24, 2.45) is 0 Å². The maximum absolute atomic E-state index is 12.9. The van der Waals surface area contributed by atoms with Crippen LogP contribution in [0.4, 0.5) is 0 Å². The Morgan fingerprint density at radius 1 is 1.14 bits per heavy atom. The van der Waals surface area contributed by atoms with Crippen LogP contribution in [-0.4, -0.2) is 64.9 Å². The molecule has 8 heteroatoms. The van der Waals surface area contributed by atoms with Gasteiger partial charge in [0.2, 0.25) is 11.8 Å². The quantitative estimate of drug-likeness (QED) is 0.804. The largest absolute Gasteiger partial charge is 0.420 e. The Hall–Kier alpha value is -2.61. The SMILES string of the molecule is CCC(C)NC(=O)CN1CCN(C(=O)C(C)n2c(=O)oc3ccccc32)CC1. The Morgan fingerprint density at radius 3 is 2.50 bits per heavy atom. The van der Waals surface area contributed by atoms with E-state index in [1.807, 2.05) is 24.8 Å². The number of fused-ring (bicyclic) bond motifs is 1. The summed E-state index contributed by atoms with van der Waals surface area (Å²) in [6.07, 6.45) is 0.897. The van der Waals surface area contributed by atoms with Gasteiger partial charge in [-0.15, -0.1) is 0 Å². The maximum atomic E-state index is 12.9. The van der Waals surface area contributed by atoms with Gasteiger partial charge in [-0.3, -0.25) is 19.1 Å². The molecule has 1 saturated heterocycles. The lowest BCUT2D eigenvalue weighted by Gasteiger charge is -2.35. The van der Waals surface area contributed by atoms with Gasteiger partial charge in [0, 0.05) is 32.2 Å². The highest BCUT2D eigenvalue weighted by Crippen LogP contribution is 2.19. The molecule has 1 aromatic carbocycles. The number of rotatable bonds is 6. The Bertz CT molecular complexity index is 895. The van der Waals surface area contributed by atoms with E-state index in [-0.39, 0.29) is 17.9 Å². The molecule has 152 valence electrons. The van der Waals surface area contributed by atoms with E-state index in [1.54, 1.807) is 30.0 Å². The molecule has 8 nitrogen and oxygen atoms in total. The number of piperazine rings is 1. The highest BCUT2D eigenvalue weighted by Gasteiger charge is 2.28. The van der Waals surface area contributed by atoms with E-state index in [4.69, 9.17) is 4.42 Å². The third kappa shape index (κ3) is 4.27. The van der Waals surface area contributed by atoms with Gasteiger partial charge in [0.1, 0.15) is 6.04 Å². The van der Waals surface area contributed by atoms with Gasteiger partial charge in [-0.05, 0) is 32.4 Å². The number of para-hydroxylation sites is 2.